The summed E-state index contributed by atoms with van der Waals surface area (Å²) in [7, 11) is 0. The fourth-order valence-electron chi connectivity index (χ4n) is 2.91. The van der Waals surface area contributed by atoms with Crippen LogP contribution in [0.2, 0.25) is 0 Å². The maximum absolute atomic E-state index is 11.7. The zero-order valence-corrected chi connectivity index (χ0v) is 15.6. The van der Waals surface area contributed by atoms with Crippen molar-refractivity contribution in [2.24, 2.45) is 0 Å². The van der Waals surface area contributed by atoms with Crippen molar-refractivity contribution in [1.82, 2.24) is 25.0 Å². The van der Waals surface area contributed by atoms with Crippen LogP contribution >= 0.6 is 0 Å². The van der Waals surface area contributed by atoms with E-state index >= 15 is 0 Å². The van der Waals surface area contributed by atoms with Gasteiger partial charge in [-0.25, -0.2) is 9.97 Å². The van der Waals surface area contributed by atoms with Crippen molar-refractivity contribution in [2.75, 3.05) is 6.61 Å². The van der Waals surface area contributed by atoms with E-state index in [1.165, 1.54) is 25.5 Å². The lowest BCUT2D eigenvalue weighted by Crippen LogP contribution is -2.40. The van der Waals surface area contributed by atoms with Gasteiger partial charge in [-0.15, -0.1) is 5.10 Å². The summed E-state index contributed by atoms with van der Waals surface area (Å²) in [5.41, 5.74) is 0.261. The highest BCUT2D eigenvalue weighted by molar-refractivity contribution is 5.75. The van der Waals surface area contributed by atoms with Gasteiger partial charge in [-0.05, 0) is 0 Å². The molecule has 0 aromatic carbocycles. The number of aromatic nitrogens is 5. The summed E-state index contributed by atoms with van der Waals surface area (Å²) >= 11 is 0. The van der Waals surface area contributed by atoms with Gasteiger partial charge in [0, 0.05) is 20.8 Å². The molecule has 152 valence electrons. The van der Waals surface area contributed by atoms with E-state index in [2.05, 4.69) is 20.3 Å². The Morgan fingerprint density at radius 3 is 2.45 bits per heavy atom. The number of rotatable bonds is 5. The molecule has 0 radical (unpaired) electrons. The molecule has 3 heterocycles. The third-order valence-corrected chi connectivity index (χ3v) is 3.95. The van der Waals surface area contributed by atoms with Gasteiger partial charge < -0.3 is 18.9 Å². The van der Waals surface area contributed by atoms with Crippen molar-refractivity contribution >= 4 is 29.1 Å². The van der Waals surface area contributed by atoms with Crippen LogP contribution in [0.4, 0.5) is 0 Å². The molecule has 0 saturated carbocycles. The van der Waals surface area contributed by atoms with E-state index in [1.807, 2.05) is 6.07 Å². The summed E-state index contributed by atoms with van der Waals surface area (Å²) in [5.74, 6) is -1.88. The summed E-state index contributed by atoms with van der Waals surface area (Å²) in [6.45, 7) is 3.31. The van der Waals surface area contributed by atoms with Gasteiger partial charge in [-0.1, -0.05) is 5.21 Å². The summed E-state index contributed by atoms with van der Waals surface area (Å²) in [6.07, 6.45) is -3.14. The first-order valence-electron chi connectivity index (χ1n) is 8.41. The number of nitriles is 1. The Hall–Kier alpha value is -3.66. The van der Waals surface area contributed by atoms with E-state index in [9.17, 15) is 14.4 Å². The number of esters is 3. The van der Waals surface area contributed by atoms with Gasteiger partial charge in [0.15, 0.2) is 35.3 Å². The van der Waals surface area contributed by atoms with Crippen molar-refractivity contribution in [3.8, 4) is 6.07 Å². The van der Waals surface area contributed by atoms with Gasteiger partial charge in [0.25, 0.3) is 0 Å². The summed E-state index contributed by atoms with van der Waals surface area (Å²) < 4.78 is 22.6. The van der Waals surface area contributed by atoms with Crippen LogP contribution in [0, 0.1) is 11.3 Å². The van der Waals surface area contributed by atoms with Crippen LogP contribution in [0.25, 0.3) is 11.2 Å². The van der Waals surface area contributed by atoms with Crippen LogP contribution in [0.3, 0.4) is 0 Å². The molecular formula is C16H16N6O7. The fraction of sp³-hybridized carbons (Fsp3) is 0.500. The van der Waals surface area contributed by atoms with Crippen molar-refractivity contribution < 1.29 is 33.3 Å². The Kier molecular flexibility index (Phi) is 5.64. The second kappa shape index (κ2) is 8.15. The first-order valence-corrected chi connectivity index (χ1v) is 8.41. The van der Waals surface area contributed by atoms with Gasteiger partial charge in [0.05, 0.1) is 0 Å². The number of nitrogens with zero attached hydrogens (tertiary/aromatic N) is 6. The van der Waals surface area contributed by atoms with Gasteiger partial charge >= 0.3 is 17.9 Å². The average Bonchev–Trinajstić information content (AvgIpc) is 3.21. The van der Waals surface area contributed by atoms with E-state index < -0.39 is 42.4 Å². The highest BCUT2D eigenvalue weighted by atomic mass is 16.7. The molecule has 1 aliphatic rings. The second-order valence-corrected chi connectivity index (χ2v) is 6.06. The van der Waals surface area contributed by atoms with Crippen molar-refractivity contribution in [2.45, 2.75) is 45.3 Å². The molecule has 0 spiro atoms. The molecule has 0 unspecified atom stereocenters. The number of fused-ring (bicyclic) bond motifs is 1. The van der Waals surface area contributed by atoms with Crippen LogP contribution < -0.4 is 0 Å². The van der Waals surface area contributed by atoms with Crippen molar-refractivity contribution in [3.63, 3.8) is 0 Å². The standard InChI is InChI=1S/C16H16N6O7/c1-7(23)26-5-11-13(27-8(2)24)14(28-9(3)25)16(29-11)22-15-12(20-21-22)10(4-17)18-6-19-15/h6,11,13-14,16H,5H2,1-3H3/t11-,13-,14-,16-/m1/s1. The zero-order chi connectivity index (χ0) is 21.1. The molecule has 4 atom stereocenters. The Labute approximate surface area is 163 Å². The third-order valence-electron chi connectivity index (χ3n) is 3.95. The minimum absolute atomic E-state index is 0.00344. The van der Waals surface area contributed by atoms with Gasteiger partial charge in [-0.2, -0.15) is 9.94 Å². The van der Waals surface area contributed by atoms with E-state index in [-0.39, 0.29) is 23.5 Å². The molecule has 1 fully saturated rings. The number of hydrogen-bond donors (Lipinski definition) is 0. The minimum atomic E-state index is -1.14. The maximum Gasteiger partial charge on any atom is 0.303 e. The Balaban J connectivity index is 2.03. The van der Waals surface area contributed by atoms with Crippen LogP contribution in [0.5, 0.6) is 0 Å². The number of hydrogen-bond acceptors (Lipinski definition) is 12. The Morgan fingerprint density at radius 2 is 1.83 bits per heavy atom. The molecule has 2 aromatic heterocycles. The van der Waals surface area contributed by atoms with Crippen LogP contribution in [-0.4, -0.2) is 67.8 Å². The highest BCUT2D eigenvalue weighted by Gasteiger charge is 2.51. The van der Waals surface area contributed by atoms with Crippen molar-refractivity contribution in [3.05, 3.63) is 12.0 Å². The molecule has 1 aliphatic heterocycles. The zero-order valence-electron chi connectivity index (χ0n) is 15.6. The maximum atomic E-state index is 11.7. The molecule has 0 amide bonds. The summed E-state index contributed by atoms with van der Waals surface area (Å²) in [5, 5.41) is 17.0. The lowest BCUT2D eigenvalue weighted by atomic mass is 10.1. The predicted octanol–water partition coefficient (Wildman–Crippen LogP) is -0.583. The first kappa shape index (κ1) is 20.1. The molecule has 13 nitrogen and oxygen atoms in total. The molecule has 3 rings (SSSR count). The molecule has 0 N–H and O–H groups in total. The van der Waals surface area contributed by atoms with E-state index in [0.29, 0.717) is 0 Å². The fourth-order valence-corrected chi connectivity index (χ4v) is 2.91. The number of carbonyl (C=O) groups is 3. The topological polar surface area (TPSA) is 168 Å². The summed E-state index contributed by atoms with van der Waals surface area (Å²) in [6, 6.07) is 1.87. The average molecular weight is 404 g/mol. The third kappa shape index (κ3) is 4.11. The normalized spacial score (nSPS) is 23.4. The SMILES string of the molecule is CC(=O)OC[C@H]1O[C@@H](n2nnc3c(C#N)ncnc32)[C@H](OC(C)=O)[C@@H]1OC(C)=O. The Morgan fingerprint density at radius 1 is 1.14 bits per heavy atom. The predicted molar refractivity (Wildman–Crippen MR) is 89.5 cm³/mol. The van der Waals surface area contributed by atoms with E-state index in [0.717, 1.165) is 6.33 Å². The lowest BCUT2D eigenvalue weighted by molar-refractivity contribution is -0.166. The largest absolute Gasteiger partial charge is 0.463 e. The monoisotopic (exact) mass is 404 g/mol. The van der Waals surface area contributed by atoms with Gasteiger partial charge in [0.1, 0.15) is 25.1 Å². The van der Waals surface area contributed by atoms with Crippen LogP contribution in [-0.2, 0) is 33.3 Å². The van der Waals surface area contributed by atoms with Gasteiger partial charge in [0.2, 0.25) is 0 Å². The number of ether oxygens (including phenoxy) is 4. The van der Waals surface area contributed by atoms with Crippen molar-refractivity contribution in [1.29, 1.82) is 5.26 Å². The number of carbonyl (C=O) groups excluding carboxylic acids is 3. The van der Waals surface area contributed by atoms with Crippen LogP contribution in [0.1, 0.15) is 32.7 Å². The lowest BCUT2D eigenvalue weighted by Gasteiger charge is -2.23. The molecule has 0 aliphatic carbocycles. The van der Waals surface area contributed by atoms with Gasteiger partial charge in [-0.3, -0.25) is 14.4 Å². The Bertz CT molecular complexity index is 999. The molecular weight excluding hydrogens is 388 g/mol. The van der Waals surface area contributed by atoms with Crippen LogP contribution in [0.15, 0.2) is 6.33 Å². The summed E-state index contributed by atoms with van der Waals surface area (Å²) in [4.78, 5) is 42.3. The molecule has 29 heavy (non-hydrogen) atoms. The quantitative estimate of drug-likeness (QED) is 0.459. The second-order valence-electron chi connectivity index (χ2n) is 6.06. The minimum Gasteiger partial charge on any atom is -0.463 e. The van der Waals surface area contributed by atoms with E-state index in [4.69, 9.17) is 24.2 Å². The molecule has 2 aromatic rings. The molecule has 0 bridgehead atoms. The highest BCUT2D eigenvalue weighted by Crippen LogP contribution is 2.35. The first-order chi connectivity index (χ1) is 13.8. The molecule has 13 heteroatoms. The molecule has 1 saturated heterocycles. The smallest absolute Gasteiger partial charge is 0.303 e. The van der Waals surface area contributed by atoms with E-state index in [1.54, 1.807) is 0 Å².